The summed E-state index contributed by atoms with van der Waals surface area (Å²) >= 11 is 1.42. The number of anilines is 1. The molecule has 132 valence electrons. The van der Waals surface area contributed by atoms with Gasteiger partial charge in [0, 0.05) is 12.6 Å². The summed E-state index contributed by atoms with van der Waals surface area (Å²) < 4.78 is 0. The van der Waals surface area contributed by atoms with Gasteiger partial charge in [-0.15, -0.1) is 0 Å². The molecule has 2 amide bonds. The smallest absolute Gasteiger partial charge is 0.245 e. The fraction of sp³-hybridized carbons (Fsp3) is 0.421. The van der Waals surface area contributed by atoms with Crippen LogP contribution in [0.25, 0.3) is 10.4 Å². The van der Waals surface area contributed by atoms with Crippen molar-refractivity contribution >= 4 is 28.3 Å². The van der Waals surface area contributed by atoms with Gasteiger partial charge in [-0.25, -0.2) is 4.98 Å². The highest BCUT2D eigenvalue weighted by molar-refractivity contribution is 7.19. The Morgan fingerprint density at radius 2 is 1.88 bits per heavy atom. The number of carbonyl (C=O) groups excluding carboxylic acids is 2. The Balaban J connectivity index is 1.40. The van der Waals surface area contributed by atoms with E-state index in [0.717, 1.165) is 16.9 Å². The third-order valence-corrected chi connectivity index (χ3v) is 5.47. The third-order valence-electron chi connectivity index (χ3n) is 4.51. The predicted molar refractivity (Wildman–Crippen MR) is 100 cm³/mol. The minimum Gasteiger partial charge on any atom is -0.347 e. The van der Waals surface area contributed by atoms with Crippen LogP contribution in [-0.4, -0.2) is 23.3 Å². The topological polar surface area (TPSA) is 71.1 Å². The van der Waals surface area contributed by atoms with Gasteiger partial charge in [0.1, 0.15) is 0 Å². The highest BCUT2D eigenvalue weighted by atomic mass is 32.1. The predicted octanol–water partition coefficient (Wildman–Crippen LogP) is 3.84. The van der Waals surface area contributed by atoms with E-state index in [4.69, 9.17) is 0 Å². The van der Waals surface area contributed by atoms with Crippen molar-refractivity contribution in [3.63, 3.8) is 0 Å². The van der Waals surface area contributed by atoms with Crippen molar-refractivity contribution in [3.8, 4) is 10.4 Å². The summed E-state index contributed by atoms with van der Waals surface area (Å²) in [5, 5.41) is 5.97. The van der Waals surface area contributed by atoms with Crippen LogP contribution >= 0.6 is 11.3 Å². The van der Waals surface area contributed by atoms with Gasteiger partial charge in [-0.3, -0.25) is 9.59 Å². The van der Waals surface area contributed by atoms with Crippen molar-refractivity contribution in [1.29, 1.82) is 0 Å². The Labute approximate surface area is 151 Å². The van der Waals surface area contributed by atoms with E-state index in [1.54, 1.807) is 6.20 Å². The number of nitrogens with zero attached hydrogens (tertiary/aromatic N) is 1. The molecule has 1 aromatic heterocycles. The van der Waals surface area contributed by atoms with Crippen molar-refractivity contribution in [1.82, 2.24) is 10.3 Å². The van der Waals surface area contributed by atoms with Crippen molar-refractivity contribution < 1.29 is 9.59 Å². The van der Waals surface area contributed by atoms with E-state index in [1.165, 1.54) is 37.0 Å². The van der Waals surface area contributed by atoms with Gasteiger partial charge in [-0.05, 0) is 17.9 Å². The number of carbonyl (C=O) groups is 2. The molecule has 0 aliphatic heterocycles. The Hall–Kier alpha value is -2.21. The van der Waals surface area contributed by atoms with Crippen LogP contribution in [0, 0.1) is 5.92 Å². The molecule has 2 N–H and O–H groups in total. The van der Waals surface area contributed by atoms with Crippen LogP contribution in [0.4, 0.5) is 5.13 Å². The van der Waals surface area contributed by atoms with E-state index < -0.39 is 0 Å². The lowest BCUT2D eigenvalue weighted by Gasteiger charge is -2.08. The molecule has 0 radical (unpaired) electrons. The lowest BCUT2D eigenvalue weighted by atomic mass is 10.0. The second-order valence-corrected chi connectivity index (χ2v) is 7.44. The molecule has 2 aromatic rings. The fourth-order valence-electron chi connectivity index (χ4n) is 3.13. The maximum atomic E-state index is 12.0. The average molecular weight is 357 g/mol. The Morgan fingerprint density at radius 3 is 2.64 bits per heavy atom. The van der Waals surface area contributed by atoms with Crippen molar-refractivity contribution in [2.24, 2.45) is 5.92 Å². The first-order valence-electron chi connectivity index (χ1n) is 8.78. The van der Waals surface area contributed by atoms with E-state index in [1.807, 2.05) is 30.3 Å². The van der Waals surface area contributed by atoms with Crippen LogP contribution < -0.4 is 10.6 Å². The highest BCUT2D eigenvalue weighted by Crippen LogP contribution is 2.29. The van der Waals surface area contributed by atoms with Gasteiger partial charge in [0.25, 0.3) is 0 Å². The number of benzene rings is 1. The lowest BCUT2D eigenvalue weighted by molar-refractivity contribution is -0.124. The van der Waals surface area contributed by atoms with Gasteiger partial charge < -0.3 is 10.6 Å². The second-order valence-electron chi connectivity index (χ2n) is 6.41. The van der Waals surface area contributed by atoms with Crippen LogP contribution in [0.2, 0.25) is 0 Å². The molecule has 1 aliphatic carbocycles. The normalized spacial score (nSPS) is 14.4. The maximum Gasteiger partial charge on any atom is 0.245 e. The van der Waals surface area contributed by atoms with Crippen LogP contribution in [0.5, 0.6) is 0 Å². The van der Waals surface area contributed by atoms with Crippen LogP contribution in [0.1, 0.15) is 38.5 Å². The molecular weight excluding hydrogens is 334 g/mol. The van der Waals surface area contributed by atoms with Gasteiger partial charge in [0.15, 0.2) is 5.13 Å². The van der Waals surface area contributed by atoms with Gasteiger partial charge in [0.05, 0.1) is 11.4 Å². The van der Waals surface area contributed by atoms with Crippen molar-refractivity contribution in [2.45, 2.75) is 38.5 Å². The highest BCUT2D eigenvalue weighted by Gasteiger charge is 2.16. The zero-order valence-electron chi connectivity index (χ0n) is 14.2. The Bertz CT molecular complexity index is 708. The standard InChI is InChI=1S/C19H23N3O2S/c23-17(11-10-14-6-4-5-7-14)20-13-18(24)22-19-21-12-16(25-19)15-8-2-1-3-9-15/h1-3,8-9,12,14H,4-7,10-11,13H2,(H,20,23)(H,21,22,24). The summed E-state index contributed by atoms with van der Waals surface area (Å²) in [6.07, 6.45) is 8.23. The number of thiazole rings is 1. The number of rotatable bonds is 7. The SMILES string of the molecule is O=C(CCC1CCCC1)NCC(=O)Nc1ncc(-c2ccccc2)s1. The summed E-state index contributed by atoms with van der Waals surface area (Å²) in [5.74, 6) is 0.389. The summed E-state index contributed by atoms with van der Waals surface area (Å²) in [6, 6.07) is 9.90. The van der Waals surface area contributed by atoms with Gasteiger partial charge in [0.2, 0.25) is 11.8 Å². The molecule has 3 rings (SSSR count). The average Bonchev–Trinajstić information content (AvgIpc) is 3.31. The molecule has 0 unspecified atom stereocenters. The minimum absolute atomic E-state index is 0.0102. The van der Waals surface area contributed by atoms with E-state index in [9.17, 15) is 9.59 Å². The molecule has 1 saturated carbocycles. The number of amides is 2. The molecular formula is C19H23N3O2S. The zero-order chi connectivity index (χ0) is 17.5. The summed E-state index contributed by atoms with van der Waals surface area (Å²) in [7, 11) is 0. The first kappa shape index (κ1) is 17.6. The molecule has 0 spiro atoms. The van der Waals surface area contributed by atoms with Gasteiger partial charge in [-0.2, -0.15) is 0 Å². The molecule has 1 aliphatic rings. The third kappa shape index (κ3) is 5.39. The van der Waals surface area contributed by atoms with E-state index in [2.05, 4.69) is 15.6 Å². The van der Waals surface area contributed by atoms with Gasteiger partial charge >= 0.3 is 0 Å². The number of hydrogen-bond acceptors (Lipinski definition) is 4. The largest absolute Gasteiger partial charge is 0.347 e. The van der Waals surface area contributed by atoms with Crippen LogP contribution in [0.3, 0.4) is 0 Å². The van der Waals surface area contributed by atoms with E-state index >= 15 is 0 Å². The summed E-state index contributed by atoms with van der Waals surface area (Å²) in [5.41, 5.74) is 1.07. The maximum absolute atomic E-state index is 12.0. The molecule has 6 heteroatoms. The monoisotopic (exact) mass is 357 g/mol. The van der Waals surface area contributed by atoms with Crippen LogP contribution in [0.15, 0.2) is 36.5 Å². The fourth-order valence-corrected chi connectivity index (χ4v) is 3.97. The molecule has 1 heterocycles. The summed E-state index contributed by atoms with van der Waals surface area (Å²) in [4.78, 5) is 29.0. The molecule has 0 atom stereocenters. The molecule has 25 heavy (non-hydrogen) atoms. The zero-order valence-corrected chi connectivity index (χ0v) is 15.0. The first-order valence-corrected chi connectivity index (χ1v) is 9.60. The first-order chi connectivity index (χ1) is 12.2. The molecule has 5 nitrogen and oxygen atoms in total. The van der Waals surface area contributed by atoms with E-state index in [-0.39, 0.29) is 18.4 Å². The van der Waals surface area contributed by atoms with Crippen molar-refractivity contribution in [3.05, 3.63) is 36.5 Å². The molecule has 1 fully saturated rings. The number of nitrogens with one attached hydrogen (secondary N) is 2. The minimum atomic E-state index is -0.247. The molecule has 0 bridgehead atoms. The van der Waals surface area contributed by atoms with E-state index in [0.29, 0.717) is 17.5 Å². The quantitative estimate of drug-likeness (QED) is 0.791. The van der Waals surface area contributed by atoms with Crippen molar-refractivity contribution in [2.75, 3.05) is 11.9 Å². The molecule has 1 aromatic carbocycles. The Kier molecular flexibility index (Phi) is 6.17. The Morgan fingerprint density at radius 1 is 1.12 bits per heavy atom. The van der Waals surface area contributed by atoms with Crippen LogP contribution in [-0.2, 0) is 9.59 Å². The summed E-state index contributed by atoms with van der Waals surface area (Å²) in [6.45, 7) is -0.0102. The van der Waals surface area contributed by atoms with Gasteiger partial charge in [-0.1, -0.05) is 67.4 Å². The number of aromatic nitrogens is 1. The number of hydrogen-bond donors (Lipinski definition) is 2. The lowest BCUT2D eigenvalue weighted by Crippen LogP contribution is -2.32. The molecule has 0 saturated heterocycles. The second kappa shape index (κ2) is 8.76.